The summed E-state index contributed by atoms with van der Waals surface area (Å²) in [5.41, 5.74) is 7.73. The van der Waals surface area contributed by atoms with Gasteiger partial charge in [-0.2, -0.15) is 0 Å². The Labute approximate surface area is 151 Å². The number of aromatic carboxylic acids is 1. The topological polar surface area (TPSA) is 81.8 Å². The molecule has 5 heteroatoms. The molecule has 3 aromatic carbocycles. The SMILES string of the molecule is Nc1cc(COc2ccccc2)c(OCc2ccccc2)cc1C(=O)O. The number of benzene rings is 3. The van der Waals surface area contributed by atoms with Crippen LogP contribution < -0.4 is 15.2 Å². The lowest BCUT2D eigenvalue weighted by molar-refractivity contribution is 0.0697. The van der Waals surface area contributed by atoms with Crippen molar-refractivity contribution in [2.75, 3.05) is 5.73 Å². The summed E-state index contributed by atoms with van der Waals surface area (Å²) in [6.45, 7) is 0.542. The maximum absolute atomic E-state index is 11.4. The molecule has 0 atom stereocenters. The average molecular weight is 349 g/mol. The lowest BCUT2D eigenvalue weighted by Crippen LogP contribution is -2.08. The number of para-hydroxylation sites is 1. The molecule has 0 aliphatic carbocycles. The van der Waals surface area contributed by atoms with E-state index in [1.54, 1.807) is 6.07 Å². The van der Waals surface area contributed by atoms with Crippen molar-refractivity contribution in [3.8, 4) is 11.5 Å². The first kappa shape index (κ1) is 17.4. The maximum atomic E-state index is 11.4. The summed E-state index contributed by atoms with van der Waals surface area (Å²) in [4.78, 5) is 11.4. The highest BCUT2D eigenvalue weighted by molar-refractivity contribution is 5.94. The summed E-state index contributed by atoms with van der Waals surface area (Å²) < 4.78 is 11.6. The Bertz CT molecular complexity index is 879. The van der Waals surface area contributed by atoms with E-state index in [1.807, 2.05) is 60.7 Å². The van der Waals surface area contributed by atoms with E-state index in [0.29, 0.717) is 23.7 Å². The Hall–Kier alpha value is -3.47. The first-order chi connectivity index (χ1) is 12.6. The Balaban J connectivity index is 1.83. The summed E-state index contributed by atoms with van der Waals surface area (Å²) >= 11 is 0. The van der Waals surface area contributed by atoms with E-state index >= 15 is 0 Å². The average Bonchev–Trinajstić information content (AvgIpc) is 2.67. The van der Waals surface area contributed by atoms with Crippen molar-refractivity contribution in [1.29, 1.82) is 0 Å². The van der Waals surface area contributed by atoms with Crippen LogP contribution in [0.15, 0.2) is 72.8 Å². The monoisotopic (exact) mass is 349 g/mol. The summed E-state index contributed by atoms with van der Waals surface area (Å²) in [7, 11) is 0. The summed E-state index contributed by atoms with van der Waals surface area (Å²) in [5.74, 6) is 0.0568. The number of ether oxygens (including phenoxy) is 2. The van der Waals surface area contributed by atoms with Gasteiger partial charge in [-0.05, 0) is 29.8 Å². The lowest BCUT2D eigenvalue weighted by atomic mass is 10.1. The van der Waals surface area contributed by atoms with Gasteiger partial charge < -0.3 is 20.3 Å². The number of carbonyl (C=O) groups is 1. The van der Waals surface area contributed by atoms with Gasteiger partial charge in [0.2, 0.25) is 0 Å². The zero-order valence-electron chi connectivity index (χ0n) is 14.1. The molecule has 0 saturated heterocycles. The van der Waals surface area contributed by atoms with Gasteiger partial charge in [-0.3, -0.25) is 0 Å². The molecule has 0 heterocycles. The number of rotatable bonds is 7. The zero-order valence-corrected chi connectivity index (χ0v) is 14.1. The quantitative estimate of drug-likeness (QED) is 0.627. The van der Waals surface area contributed by atoms with Crippen molar-refractivity contribution < 1.29 is 19.4 Å². The van der Waals surface area contributed by atoms with Gasteiger partial charge in [0, 0.05) is 11.3 Å². The van der Waals surface area contributed by atoms with Crippen LogP contribution in [0, 0.1) is 0 Å². The van der Waals surface area contributed by atoms with Crippen LogP contribution in [-0.4, -0.2) is 11.1 Å². The molecule has 3 N–H and O–H groups in total. The van der Waals surface area contributed by atoms with Crippen LogP contribution in [0.3, 0.4) is 0 Å². The molecule has 0 aromatic heterocycles. The zero-order chi connectivity index (χ0) is 18.4. The molecule has 0 fully saturated rings. The van der Waals surface area contributed by atoms with E-state index in [2.05, 4.69) is 0 Å². The van der Waals surface area contributed by atoms with Crippen molar-refractivity contribution in [1.82, 2.24) is 0 Å². The van der Waals surface area contributed by atoms with Crippen molar-refractivity contribution in [2.45, 2.75) is 13.2 Å². The number of carboxylic acid groups (broad SMARTS) is 1. The van der Waals surface area contributed by atoms with Gasteiger partial charge in [-0.25, -0.2) is 4.79 Å². The third kappa shape index (κ3) is 4.33. The van der Waals surface area contributed by atoms with Gasteiger partial charge in [0.1, 0.15) is 24.7 Å². The molecule has 5 nitrogen and oxygen atoms in total. The van der Waals surface area contributed by atoms with Crippen LogP contribution in [0.4, 0.5) is 5.69 Å². The first-order valence-corrected chi connectivity index (χ1v) is 8.14. The van der Waals surface area contributed by atoms with Gasteiger partial charge in [0.25, 0.3) is 0 Å². The van der Waals surface area contributed by atoms with Crippen molar-refractivity contribution in [2.24, 2.45) is 0 Å². The number of carboxylic acids is 1. The second kappa shape index (κ2) is 8.07. The number of nitrogen functional groups attached to an aromatic ring is 1. The molecular weight excluding hydrogens is 330 g/mol. The summed E-state index contributed by atoms with van der Waals surface area (Å²) in [5, 5.41) is 9.31. The standard InChI is InChI=1S/C21H19NO4/c22-19-11-16(14-25-17-9-5-2-6-10-17)20(12-18(19)21(23)24)26-13-15-7-3-1-4-8-15/h1-12H,13-14,22H2,(H,23,24). The second-order valence-electron chi connectivity index (χ2n) is 5.73. The van der Waals surface area contributed by atoms with Crippen LogP contribution in [-0.2, 0) is 13.2 Å². The smallest absolute Gasteiger partial charge is 0.337 e. The molecule has 0 spiro atoms. The molecule has 3 rings (SSSR count). The minimum atomic E-state index is -1.09. The summed E-state index contributed by atoms with van der Waals surface area (Å²) in [6.07, 6.45) is 0. The molecule has 0 amide bonds. The fraction of sp³-hybridized carbons (Fsp3) is 0.0952. The van der Waals surface area contributed by atoms with E-state index in [1.165, 1.54) is 6.07 Å². The van der Waals surface area contributed by atoms with Crippen molar-refractivity contribution >= 4 is 11.7 Å². The lowest BCUT2D eigenvalue weighted by Gasteiger charge is -2.15. The van der Waals surface area contributed by atoms with Crippen LogP contribution in [0.25, 0.3) is 0 Å². The predicted octanol–water partition coefficient (Wildman–Crippen LogP) is 4.13. The maximum Gasteiger partial charge on any atom is 0.337 e. The molecule has 3 aromatic rings. The van der Waals surface area contributed by atoms with Crippen LogP contribution in [0.2, 0.25) is 0 Å². The number of hydrogen-bond donors (Lipinski definition) is 2. The molecular formula is C21H19NO4. The summed E-state index contributed by atoms with van der Waals surface area (Å²) in [6, 6.07) is 22.0. The van der Waals surface area contributed by atoms with Gasteiger partial charge in [0.05, 0.1) is 5.56 Å². The molecule has 26 heavy (non-hydrogen) atoms. The highest BCUT2D eigenvalue weighted by Crippen LogP contribution is 2.28. The Morgan fingerprint density at radius 2 is 1.54 bits per heavy atom. The van der Waals surface area contributed by atoms with Crippen molar-refractivity contribution in [3.05, 3.63) is 89.5 Å². The molecule has 0 saturated carbocycles. The minimum absolute atomic E-state index is 0.0107. The molecule has 0 aliphatic heterocycles. The Kier molecular flexibility index (Phi) is 5.39. The molecule has 0 unspecified atom stereocenters. The highest BCUT2D eigenvalue weighted by Gasteiger charge is 2.15. The Morgan fingerprint density at radius 3 is 2.19 bits per heavy atom. The number of hydrogen-bond acceptors (Lipinski definition) is 4. The van der Waals surface area contributed by atoms with Gasteiger partial charge in [-0.1, -0.05) is 48.5 Å². The van der Waals surface area contributed by atoms with Crippen molar-refractivity contribution in [3.63, 3.8) is 0 Å². The van der Waals surface area contributed by atoms with Crippen LogP contribution >= 0.6 is 0 Å². The molecule has 0 bridgehead atoms. The normalized spacial score (nSPS) is 10.3. The van der Waals surface area contributed by atoms with Crippen LogP contribution in [0.5, 0.6) is 11.5 Å². The van der Waals surface area contributed by atoms with Crippen LogP contribution in [0.1, 0.15) is 21.5 Å². The number of nitrogens with two attached hydrogens (primary N) is 1. The third-order valence-corrected chi connectivity index (χ3v) is 3.84. The molecule has 132 valence electrons. The van der Waals surface area contributed by atoms with E-state index in [9.17, 15) is 9.90 Å². The third-order valence-electron chi connectivity index (χ3n) is 3.84. The Morgan fingerprint density at radius 1 is 0.885 bits per heavy atom. The highest BCUT2D eigenvalue weighted by atomic mass is 16.5. The fourth-order valence-corrected chi connectivity index (χ4v) is 2.49. The predicted molar refractivity (Wildman–Crippen MR) is 99.4 cm³/mol. The van der Waals surface area contributed by atoms with E-state index in [0.717, 1.165) is 5.56 Å². The van der Waals surface area contributed by atoms with E-state index in [4.69, 9.17) is 15.2 Å². The van der Waals surface area contributed by atoms with E-state index < -0.39 is 5.97 Å². The van der Waals surface area contributed by atoms with E-state index in [-0.39, 0.29) is 17.9 Å². The number of anilines is 1. The fourth-order valence-electron chi connectivity index (χ4n) is 2.49. The largest absolute Gasteiger partial charge is 0.489 e. The second-order valence-corrected chi connectivity index (χ2v) is 5.73. The van der Waals surface area contributed by atoms with Gasteiger partial charge >= 0.3 is 5.97 Å². The molecule has 0 aliphatic rings. The van der Waals surface area contributed by atoms with Gasteiger partial charge in [0.15, 0.2) is 0 Å². The molecule has 0 radical (unpaired) electrons. The van der Waals surface area contributed by atoms with Gasteiger partial charge in [-0.15, -0.1) is 0 Å². The first-order valence-electron chi connectivity index (χ1n) is 8.14. The minimum Gasteiger partial charge on any atom is -0.489 e.